The molecule has 0 saturated carbocycles. The molecule has 0 aliphatic heterocycles. The van der Waals surface area contributed by atoms with Crippen LogP contribution in [0.5, 0.6) is 0 Å². The fourth-order valence-corrected chi connectivity index (χ4v) is 3.54. The number of hydrogen-bond donors (Lipinski definition) is 1. The Bertz CT molecular complexity index is 1270. The molecular weight excluding hydrogens is 406 g/mol. The largest absolute Gasteiger partial charge is 0.321 e. The van der Waals surface area contributed by atoms with Crippen molar-refractivity contribution in [2.24, 2.45) is 0 Å². The number of para-hydroxylation sites is 3. The van der Waals surface area contributed by atoms with Crippen molar-refractivity contribution in [3.63, 3.8) is 0 Å². The average Bonchev–Trinajstić information content (AvgIpc) is 2.86. The summed E-state index contributed by atoms with van der Waals surface area (Å²) >= 11 is 0. The molecular formula is C29H23N3O. The number of benzene rings is 4. The van der Waals surface area contributed by atoms with Crippen LogP contribution in [0, 0.1) is 18.3 Å². The number of rotatable bonds is 6. The minimum absolute atomic E-state index is 0.0500. The molecule has 0 radical (unpaired) electrons. The van der Waals surface area contributed by atoms with Crippen molar-refractivity contribution in [1.29, 1.82) is 5.26 Å². The zero-order valence-corrected chi connectivity index (χ0v) is 18.3. The lowest BCUT2D eigenvalue weighted by atomic mass is 10.1. The Morgan fingerprint density at radius 1 is 0.758 bits per heavy atom. The molecule has 0 saturated heterocycles. The Morgan fingerprint density at radius 3 is 1.82 bits per heavy atom. The van der Waals surface area contributed by atoms with Gasteiger partial charge in [0, 0.05) is 22.7 Å². The van der Waals surface area contributed by atoms with Gasteiger partial charge in [-0.2, -0.15) is 5.26 Å². The third kappa shape index (κ3) is 5.17. The van der Waals surface area contributed by atoms with E-state index in [1.807, 2.05) is 97.9 Å². The quantitative estimate of drug-likeness (QED) is 0.265. The van der Waals surface area contributed by atoms with Gasteiger partial charge in [-0.25, -0.2) is 0 Å². The summed E-state index contributed by atoms with van der Waals surface area (Å²) in [6.07, 6.45) is 1.60. The highest BCUT2D eigenvalue weighted by Gasteiger charge is 2.13. The van der Waals surface area contributed by atoms with Gasteiger partial charge in [0.05, 0.1) is 0 Å². The van der Waals surface area contributed by atoms with Crippen LogP contribution in [-0.2, 0) is 4.79 Å². The van der Waals surface area contributed by atoms with Gasteiger partial charge in [-0.3, -0.25) is 4.79 Å². The van der Waals surface area contributed by atoms with Gasteiger partial charge in [-0.05, 0) is 66.6 Å². The molecule has 0 aliphatic carbocycles. The predicted octanol–water partition coefficient (Wildman–Crippen LogP) is 7.01. The van der Waals surface area contributed by atoms with Gasteiger partial charge in [0.25, 0.3) is 5.91 Å². The molecule has 0 atom stereocenters. The van der Waals surface area contributed by atoms with Crippen LogP contribution in [0.3, 0.4) is 0 Å². The Kier molecular flexibility index (Phi) is 6.63. The molecule has 1 N–H and O–H groups in total. The second kappa shape index (κ2) is 10.1. The monoisotopic (exact) mass is 429 g/mol. The normalized spacial score (nSPS) is 10.8. The first-order chi connectivity index (χ1) is 16.2. The van der Waals surface area contributed by atoms with E-state index in [0.29, 0.717) is 5.69 Å². The molecule has 4 aromatic carbocycles. The van der Waals surface area contributed by atoms with E-state index in [0.717, 1.165) is 28.2 Å². The minimum atomic E-state index is -0.425. The Balaban J connectivity index is 1.61. The van der Waals surface area contributed by atoms with Crippen LogP contribution in [0.4, 0.5) is 22.7 Å². The number of carbonyl (C=O) groups excluding carboxylic acids is 1. The molecule has 160 valence electrons. The van der Waals surface area contributed by atoms with Gasteiger partial charge >= 0.3 is 0 Å². The number of nitrogens with zero attached hydrogens (tertiary/aromatic N) is 2. The van der Waals surface area contributed by atoms with Crippen LogP contribution < -0.4 is 10.2 Å². The van der Waals surface area contributed by atoms with E-state index in [4.69, 9.17) is 0 Å². The summed E-state index contributed by atoms with van der Waals surface area (Å²) in [7, 11) is 0. The number of nitrogens with one attached hydrogen (secondary N) is 1. The molecule has 4 rings (SSSR count). The first-order valence-corrected chi connectivity index (χ1v) is 10.6. The lowest BCUT2D eigenvalue weighted by molar-refractivity contribution is -0.112. The SMILES string of the molecule is Cc1ccccc1NC(=O)C(C#N)=Cc1ccc(N(c2ccccc2)c2ccccc2)cc1. The molecule has 4 nitrogen and oxygen atoms in total. The van der Waals surface area contributed by atoms with E-state index in [9.17, 15) is 10.1 Å². The first kappa shape index (κ1) is 21.6. The standard InChI is InChI=1S/C29H23N3O/c1-22-10-8-9-15-28(22)31-29(33)24(21-30)20-23-16-18-27(19-17-23)32(25-11-4-2-5-12-25)26-13-6-3-7-14-26/h2-20H,1H3,(H,31,33). The second-order valence-electron chi connectivity index (χ2n) is 7.54. The van der Waals surface area contributed by atoms with Crippen molar-refractivity contribution in [2.75, 3.05) is 10.2 Å². The van der Waals surface area contributed by atoms with Crippen molar-refractivity contribution in [3.8, 4) is 6.07 Å². The molecule has 1 amide bonds. The second-order valence-corrected chi connectivity index (χ2v) is 7.54. The lowest BCUT2D eigenvalue weighted by Crippen LogP contribution is -2.14. The van der Waals surface area contributed by atoms with Gasteiger partial charge < -0.3 is 10.2 Å². The highest BCUT2D eigenvalue weighted by molar-refractivity contribution is 6.10. The van der Waals surface area contributed by atoms with Crippen molar-refractivity contribution >= 4 is 34.7 Å². The molecule has 0 bridgehead atoms. The van der Waals surface area contributed by atoms with Crippen LogP contribution >= 0.6 is 0 Å². The van der Waals surface area contributed by atoms with Crippen molar-refractivity contribution in [1.82, 2.24) is 0 Å². The van der Waals surface area contributed by atoms with Crippen LogP contribution in [0.1, 0.15) is 11.1 Å². The summed E-state index contributed by atoms with van der Waals surface area (Å²) in [6, 6.07) is 37.6. The van der Waals surface area contributed by atoms with Crippen LogP contribution in [0.15, 0.2) is 115 Å². The van der Waals surface area contributed by atoms with Crippen molar-refractivity contribution in [2.45, 2.75) is 6.92 Å². The maximum Gasteiger partial charge on any atom is 0.266 e. The predicted molar refractivity (Wildman–Crippen MR) is 135 cm³/mol. The maximum absolute atomic E-state index is 12.6. The fourth-order valence-electron chi connectivity index (χ4n) is 3.54. The number of nitriles is 1. The highest BCUT2D eigenvalue weighted by atomic mass is 16.1. The summed E-state index contributed by atoms with van der Waals surface area (Å²) in [5.41, 5.74) is 5.53. The zero-order chi connectivity index (χ0) is 23.0. The van der Waals surface area contributed by atoms with E-state index in [1.54, 1.807) is 6.08 Å². The van der Waals surface area contributed by atoms with Gasteiger partial charge in [0.2, 0.25) is 0 Å². The maximum atomic E-state index is 12.6. The number of carbonyl (C=O) groups is 1. The van der Waals surface area contributed by atoms with E-state index in [1.165, 1.54) is 0 Å². The Hall–Kier alpha value is -4.62. The van der Waals surface area contributed by atoms with Crippen LogP contribution in [0.25, 0.3) is 6.08 Å². The summed E-state index contributed by atoms with van der Waals surface area (Å²) < 4.78 is 0. The van der Waals surface area contributed by atoms with E-state index in [2.05, 4.69) is 34.5 Å². The van der Waals surface area contributed by atoms with Crippen molar-refractivity contribution in [3.05, 3.63) is 126 Å². The fraction of sp³-hybridized carbons (Fsp3) is 0.0345. The van der Waals surface area contributed by atoms with Gasteiger partial charge in [-0.1, -0.05) is 66.7 Å². The third-order valence-electron chi connectivity index (χ3n) is 5.25. The topological polar surface area (TPSA) is 56.1 Å². The average molecular weight is 430 g/mol. The summed E-state index contributed by atoms with van der Waals surface area (Å²) in [6.45, 7) is 1.91. The van der Waals surface area contributed by atoms with E-state index >= 15 is 0 Å². The molecule has 4 heteroatoms. The number of amides is 1. The summed E-state index contributed by atoms with van der Waals surface area (Å²) in [5, 5.41) is 12.4. The number of anilines is 4. The molecule has 0 aromatic heterocycles. The molecule has 33 heavy (non-hydrogen) atoms. The zero-order valence-electron chi connectivity index (χ0n) is 18.3. The molecule has 0 fully saturated rings. The lowest BCUT2D eigenvalue weighted by Gasteiger charge is -2.25. The van der Waals surface area contributed by atoms with E-state index in [-0.39, 0.29) is 5.57 Å². The third-order valence-corrected chi connectivity index (χ3v) is 5.25. The summed E-state index contributed by atoms with van der Waals surface area (Å²) in [4.78, 5) is 14.8. The van der Waals surface area contributed by atoms with Gasteiger partial charge in [-0.15, -0.1) is 0 Å². The van der Waals surface area contributed by atoms with Gasteiger partial charge in [0.1, 0.15) is 11.6 Å². The van der Waals surface area contributed by atoms with Crippen LogP contribution in [-0.4, -0.2) is 5.91 Å². The van der Waals surface area contributed by atoms with E-state index < -0.39 is 5.91 Å². The molecule has 0 unspecified atom stereocenters. The minimum Gasteiger partial charge on any atom is -0.321 e. The number of aryl methyl sites for hydroxylation is 1. The molecule has 0 aliphatic rings. The molecule has 0 spiro atoms. The highest BCUT2D eigenvalue weighted by Crippen LogP contribution is 2.34. The Labute approximate surface area is 194 Å². The number of hydrogen-bond acceptors (Lipinski definition) is 3. The summed E-state index contributed by atoms with van der Waals surface area (Å²) in [5.74, 6) is -0.425. The smallest absolute Gasteiger partial charge is 0.266 e. The van der Waals surface area contributed by atoms with Gasteiger partial charge in [0.15, 0.2) is 0 Å². The Morgan fingerprint density at radius 2 is 1.27 bits per heavy atom. The molecule has 0 heterocycles. The van der Waals surface area contributed by atoms with Crippen molar-refractivity contribution < 1.29 is 4.79 Å². The van der Waals surface area contributed by atoms with Crippen LogP contribution in [0.2, 0.25) is 0 Å². The first-order valence-electron chi connectivity index (χ1n) is 10.6. The molecule has 4 aromatic rings.